The molecular formula is C20H22BrNO4. The summed E-state index contributed by atoms with van der Waals surface area (Å²) in [4.78, 5) is 14.7. The summed E-state index contributed by atoms with van der Waals surface area (Å²) in [6.07, 6.45) is 1.73. The Balaban J connectivity index is 2.41. The number of carbonyl (C=O) groups excluding carboxylic acids is 1. The van der Waals surface area contributed by atoms with Crippen LogP contribution in [0.3, 0.4) is 0 Å². The Bertz CT molecular complexity index is 831. The van der Waals surface area contributed by atoms with Gasteiger partial charge in [0, 0.05) is 25.2 Å². The van der Waals surface area contributed by atoms with Crippen molar-refractivity contribution >= 4 is 33.5 Å². The van der Waals surface area contributed by atoms with Gasteiger partial charge in [0.25, 0.3) is 0 Å². The van der Waals surface area contributed by atoms with Crippen LogP contribution in [0.1, 0.15) is 15.9 Å². The topological polar surface area (TPSA) is 48.0 Å². The van der Waals surface area contributed by atoms with Gasteiger partial charge >= 0.3 is 0 Å². The van der Waals surface area contributed by atoms with E-state index in [4.69, 9.17) is 14.2 Å². The fourth-order valence-electron chi connectivity index (χ4n) is 2.47. The molecular weight excluding hydrogens is 398 g/mol. The van der Waals surface area contributed by atoms with Crippen LogP contribution in [0.4, 0.5) is 5.69 Å². The van der Waals surface area contributed by atoms with Crippen molar-refractivity contribution in [1.82, 2.24) is 0 Å². The molecule has 2 aromatic rings. The summed E-state index contributed by atoms with van der Waals surface area (Å²) >= 11 is 3.39. The number of ether oxygens (including phenoxy) is 3. The van der Waals surface area contributed by atoms with E-state index in [0.717, 1.165) is 11.3 Å². The number of nitrogens with zero attached hydrogens (tertiary/aromatic N) is 1. The molecule has 0 radical (unpaired) electrons. The van der Waals surface area contributed by atoms with Gasteiger partial charge in [-0.05, 0) is 58.4 Å². The van der Waals surface area contributed by atoms with E-state index in [-0.39, 0.29) is 5.78 Å². The Morgan fingerprint density at radius 1 is 0.962 bits per heavy atom. The first-order chi connectivity index (χ1) is 12.4. The third-order valence-electron chi connectivity index (χ3n) is 3.86. The van der Waals surface area contributed by atoms with E-state index in [1.807, 2.05) is 25.1 Å². The molecule has 0 aliphatic carbocycles. The SMILES string of the molecule is COc1ccc(OC)c(/C=C(/Br)C(=O)c2ccc(OC)c(N(C)C)c2)c1. The van der Waals surface area contributed by atoms with Crippen LogP contribution in [0.5, 0.6) is 17.2 Å². The summed E-state index contributed by atoms with van der Waals surface area (Å²) in [5.41, 5.74) is 2.13. The van der Waals surface area contributed by atoms with Gasteiger partial charge in [-0.2, -0.15) is 0 Å². The van der Waals surface area contributed by atoms with E-state index in [1.165, 1.54) is 0 Å². The quantitative estimate of drug-likeness (QED) is 0.491. The summed E-state index contributed by atoms with van der Waals surface area (Å²) in [6, 6.07) is 10.7. The number of allylic oxidation sites excluding steroid dienone is 1. The summed E-state index contributed by atoms with van der Waals surface area (Å²) in [5.74, 6) is 1.91. The molecule has 0 aromatic heterocycles. The third-order valence-corrected chi connectivity index (χ3v) is 4.45. The van der Waals surface area contributed by atoms with Crippen molar-refractivity contribution < 1.29 is 19.0 Å². The van der Waals surface area contributed by atoms with E-state index in [0.29, 0.717) is 27.3 Å². The van der Waals surface area contributed by atoms with Gasteiger partial charge in [0.05, 0.1) is 31.5 Å². The van der Waals surface area contributed by atoms with Crippen molar-refractivity contribution in [2.24, 2.45) is 0 Å². The molecule has 0 spiro atoms. The molecule has 138 valence electrons. The number of hydrogen-bond donors (Lipinski definition) is 0. The van der Waals surface area contributed by atoms with Gasteiger partial charge < -0.3 is 19.1 Å². The van der Waals surface area contributed by atoms with Crippen molar-refractivity contribution in [3.05, 3.63) is 52.0 Å². The molecule has 0 unspecified atom stereocenters. The number of hydrogen-bond acceptors (Lipinski definition) is 5. The Kier molecular flexibility index (Phi) is 6.69. The normalized spacial score (nSPS) is 11.1. The van der Waals surface area contributed by atoms with E-state index in [2.05, 4.69) is 15.9 Å². The third kappa shape index (κ3) is 4.38. The van der Waals surface area contributed by atoms with Crippen molar-refractivity contribution in [1.29, 1.82) is 0 Å². The lowest BCUT2D eigenvalue weighted by Gasteiger charge is -2.17. The first-order valence-electron chi connectivity index (χ1n) is 7.90. The zero-order valence-corrected chi connectivity index (χ0v) is 17.1. The van der Waals surface area contributed by atoms with E-state index in [9.17, 15) is 4.79 Å². The standard InChI is InChI=1S/C20H22BrNO4/c1-22(2)17-12-13(6-8-19(17)26-5)20(23)16(21)11-14-10-15(24-3)7-9-18(14)25-4/h6-12H,1-5H3/b16-11+. The minimum atomic E-state index is -0.138. The fourth-order valence-corrected chi connectivity index (χ4v) is 2.95. The summed E-state index contributed by atoms with van der Waals surface area (Å²) in [7, 11) is 8.59. The Hall–Kier alpha value is -2.47. The molecule has 26 heavy (non-hydrogen) atoms. The van der Waals surface area contributed by atoms with Gasteiger partial charge in [-0.15, -0.1) is 0 Å². The van der Waals surface area contributed by atoms with Crippen LogP contribution in [0.15, 0.2) is 40.9 Å². The maximum Gasteiger partial charge on any atom is 0.200 e. The van der Waals surface area contributed by atoms with Gasteiger partial charge in [-0.3, -0.25) is 4.79 Å². The van der Waals surface area contributed by atoms with Crippen LogP contribution in [-0.4, -0.2) is 41.2 Å². The predicted molar refractivity (Wildman–Crippen MR) is 108 cm³/mol. The van der Waals surface area contributed by atoms with Crippen molar-refractivity contribution in [2.45, 2.75) is 0 Å². The molecule has 0 aliphatic heterocycles. The van der Waals surface area contributed by atoms with Crippen LogP contribution in [-0.2, 0) is 0 Å². The fraction of sp³-hybridized carbons (Fsp3) is 0.250. The molecule has 0 fully saturated rings. The van der Waals surface area contributed by atoms with Gasteiger partial charge in [-0.1, -0.05) is 0 Å². The van der Waals surface area contributed by atoms with Crippen LogP contribution in [0, 0.1) is 0 Å². The molecule has 0 aliphatic rings. The van der Waals surface area contributed by atoms with E-state index < -0.39 is 0 Å². The lowest BCUT2D eigenvalue weighted by atomic mass is 10.1. The average Bonchev–Trinajstić information content (AvgIpc) is 2.66. The molecule has 0 heterocycles. The number of Topliss-reactive ketones (excluding diaryl/α,β-unsaturated/α-hetero) is 1. The maximum absolute atomic E-state index is 12.8. The lowest BCUT2D eigenvalue weighted by molar-refractivity contribution is 0.104. The number of halogens is 1. The molecule has 0 saturated heterocycles. The highest BCUT2D eigenvalue weighted by Crippen LogP contribution is 2.31. The van der Waals surface area contributed by atoms with Crippen LogP contribution >= 0.6 is 15.9 Å². The number of anilines is 1. The molecule has 2 aromatic carbocycles. The van der Waals surface area contributed by atoms with Crippen LogP contribution < -0.4 is 19.1 Å². The van der Waals surface area contributed by atoms with Gasteiger partial charge in [0.15, 0.2) is 5.78 Å². The zero-order valence-electron chi connectivity index (χ0n) is 15.5. The van der Waals surface area contributed by atoms with Gasteiger partial charge in [-0.25, -0.2) is 0 Å². The molecule has 0 bridgehead atoms. The first kappa shape index (κ1) is 19.8. The highest BCUT2D eigenvalue weighted by molar-refractivity contribution is 9.12. The second kappa shape index (κ2) is 8.76. The number of rotatable bonds is 7. The van der Waals surface area contributed by atoms with Gasteiger partial charge in [0.1, 0.15) is 17.2 Å². The monoisotopic (exact) mass is 419 g/mol. The molecule has 5 nitrogen and oxygen atoms in total. The molecule has 0 saturated carbocycles. The second-order valence-electron chi connectivity index (χ2n) is 5.71. The predicted octanol–water partition coefficient (Wildman–Crippen LogP) is 4.40. The second-order valence-corrected chi connectivity index (χ2v) is 6.56. The van der Waals surface area contributed by atoms with E-state index >= 15 is 0 Å². The number of benzene rings is 2. The molecule has 0 N–H and O–H groups in total. The summed E-state index contributed by atoms with van der Waals surface area (Å²) in [6.45, 7) is 0. The minimum absolute atomic E-state index is 0.138. The smallest absolute Gasteiger partial charge is 0.200 e. The maximum atomic E-state index is 12.8. The molecule has 0 amide bonds. The summed E-state index contributed by atoms with van der Waals surface area (Å²) in [5, 5.41) is 0. The molecule has 6 heteroatoms. The average molecular weight is 420 g/mol. The number of carbonyl (C=O) groups is 1. The largest absolute Gasteiger partial charge is 0.497 e. The van der Waals surface area contributed by atoms with Crippen molar-refractivity contribution in [2.75, 3.05) is 40.3 Å². The Morgan fingerprint density at radius 3 is 2.19 bits per heavy atom. The highest BCUT2D eigenvalue weighted by Gasteiger charge is 2.15. The highest BCUT2D eigenvalue weighted by atomic mass is 79.9. The number of methoxy groups -OCH3 is 3. The Labute approximate surface area is 162 Å². The summed E-state index contributed by atoms with van der Waals surface area (Å²) < 4.78 is 16.4. The van der Waals surface area contributed by atoms with Crippen molar-refractivity contribution in [3.63, 3.8) is 0 Å². The molecule has 0 atom stereocenters. The van der Waals surface area contributed by atoms with E-state index in [1.54, 1.807) is 57.7 Å². The zero-order chi connectivity index (χ0) is 19.3. The van der Waals surface area contributed by atoms with Gasteiger partial charge in [0.2, 0.25) is 0 Å². The van der Waals surface area contributed by atoms with Crippen LogP contribution in [0.25, 0.3) is 6.08 Å². The minimum Gasteiger partial charge on any atom is -0.497 e. The lowest BCUT2D eigenvalue weighted by Crippen LogP contribution is -2.11. The van der Waals surface area contributed by atoms with Crippen molar-refractivity contribution in [3.8, 4) is 17.2 Å². The first-order valence-corrected chi connectivity index (χ1v) is 8.69. The van der Waals surface area contributed by atoms with Crippen LogP contribution in [0.2, 0.25) is 0 Å². The Morgan fingerprint density at radius 2 is 1.62 bits per heavy atom. The molecule has 2 rings (SSSR count). The number of ketones is 1.